The molecule has 0 radical (unpaired) electrons. The zero-order valence-electron chi connectivity index (χ0n) is 13.0. The van der Waals surface area contributed by atoms with Gasteiger partial charge in [0.25, 0.3) is 5.91 Å². The monoisotopic (exact) mass is 338 g/mol. The lowest BCUT2D eigenvalue weighted by atomic mass is 10.2. The normalized spacial score (nSPS) is 11.2. The molecule has 0 unspecified atom stereocenters. The molecular weight excluding hydrogens is 321 g/mol. The van der Waals surface area contributed by atoms with Gasteiger partial charge in [0.1, 0.15) is 5.82 Å². The van der Waals surface area contributed by atoms with Gasteiger partial charge in [0, 0.05) is 12.2 Å². The Morgan fingerprint density at radius 3 is 2.58 bits per heavy atom. The number of alkyl halides is 3. The number of benzene rings is 1. The number of carbonyl (C=O) groups excluding carboxylic acids is 1. The van der Waals surface area contributed by atoms with Gasteiger partial charge in [0.15, 0.2) is 5.69 Å². The molecule has 5 nitrogen and oxygen atoms in total. The number of rotatable bonds is 6. The molecule has 0 bridgehead atoms. The Morgan fingerprint density at radius 2 is 1.96 bits per heavy atom. The van der Waals surface area contributed by atoms with E-state index in [1.807, 2.05) is 0 Å². The molecule has 0 aliphatic carbocycles. The molecule has 1 aromatic heterocycles. The first-order valence-electron chi connectivity index (χ1n) is 7.46. The predicted octanol–water partition coefficient (Wildman–Crippen LogP) is 3.96. The van der Waals surface area contributed by atoms with Crippen LogP contribution in [0.4, 0.5) is 24.7 Å². The molecule has 2 rings (SSSR count). The maximum Gasteiger partial charge on any atom is 0.416 e. The average molecular weight is 338 g/mol. The lowest BCUT2D eigenvalue weighted by Crippen LogP contribution is -2.15. The second kappa shape index (κ2) is 7.76. The highest BCUT2D eigenvalue weighted by Crippen LogP contribution is 2.30. The van der Waals surface area contributed by atoms with E-state index in [4.69, 9.17) is 0 Å². The van der Waals surface area contributed by atoms with Gasteiger partial charge in [-0.2, -0.15) is 13.2 Å². The van der Waals surface area contributed by atoms with Crippen LogP contribution in [0.1, 0.15) is 35.8 Å². The summed E-state index contributed by atoms with van der Waals surface area (Å²) in [5.74, 6) is -0.0824. The van der Waals surface area contributed by atoms with Gasteiger partial charge >= 0.3 is 6.18 Å². The van der Waals surface area contributed by atoms with Crippen LogP contribution in [0.2, 0.25) is 0 Å². The van der Waals surface area contributed by atoms with E-state index < -0.39 is 17.6 Å². The van der Waals surface area contributed by atoms with Crippen molar-refractivity contribution in [3.8, 4) is 0 Å². The summed E-state index contributed by atoms with van der Waals surface area (Å²) < 4.78 is 38.0. The number of hydrogen-bond donors (Lipinski definition) is 2. The van der Waals surface area contributed by atoms with Gasteiger partial charge in [-0.25, -0.2) is 0 Å². The lowest BCUT2D eigenvalue weighted by Gasteiger charge is -2.09. The van der Waals surface area contributed by atoms with Crippen LogP contribution >= 0.6 is 0 Å². The van der Waals surface area contributed by atoms with E-state index in [2.05, 4.69) is 27.8 Å². The predicted molar refractivity (Wildman–Crippen MR) is 84.8 cm³/mol. The topological polar surface area (TPSA) is 66.9 Å². The Bertz CT molecular complexity index is 686. The van der Waals surface area contributed by atoms with Crippen molar-refractivity contribution >= 4 is 17.4 Å². The molecule has 0 saturated carbocycles. The highest BCUT2D eigenvalue weighted by molar-refractivity contribution is 6.02. The van der Waals surface area contributed by atoms with Crippen LogP contribution in [0.25, 0.3) is 0 Å². The third-order valence-electron chi connectivity index (χ3n) is 3.18. The molecule has 0 fully saturated rings. The van der Waals surface area contributed by atoms with Crippen LogP contribution < -0.4 is 10.6 Å². The van der Waals surface area contributed by atoms with Crippen molar-refractivity contribution in [2.75, 3.05) is 17.2 Å². The van der Waals surface area contributed by atoms with Crippen LogP contribution in [-0.2, 0) is 6.18 Å². The van der Waals surface area contributed by atoms with E-state index in [0.717, 1.165) is 31.5 Å². The highest BCUT2D eigenvalue weighted by Gasteiger charge is 2.30. The van der Waals surface area contributed by atoms with Crippen molar-refractivity contribution in [1.29, 1.82) is 0 Å². The Balaban J connectivity index is 2.02. The number of halogens is 3. The van der Waals surface area contributed by atoms with E-state index in [9.17, 15) is 18.0 Å². The van der Waals surface area contributed by atoms with Crippen molar-refractivity contribution in [3.05, 3.63) is 47.7 Å². The smallest absolute Gasteiger partial charge is 0.369 e. The van der Waals surface area contributed by atoms with Crippen molar-refractivity contribution < 1.29 is 18.0 Å². The third-order valence-corrected chi connectivity index (χ3v) is 3.18. The summed E-state index contributed by atoms with van der Waals surface area (Å²) >= 11 is 0. The van der Waals surface area contributed by atoms with Crippen molar-refractivity contribution in [2.24, 2.45) is 0 Å². The molecule has 8 heteroatoms. The first-order chi connectivity index (χ1) is 11.4. The van der Waals surface area contributed by atoms with Gasteiger partial charge in [0.05, 0.1) is 5.56 Å². The van der Waals surface area contributed by atoms with Crippen LogP contribution in [-0.4, -0.2) is 22.6 Å². The molecular formula is C16H17F3N4O. The molecule has 1 aromatic carbocycles. The summed E-state index contributed by atoms with van der Waals surface area (Å²) in [6.45, 7) is 2.82. The number of hydrogen-bond acceptors (Lipinski definition) is 4. The Hall–Kier alpha value is -2.64. The summed E-state index contributed by atoms with van der Waals surface area (Å²) in [7, 11) is 0. The first kappa shape index (κ1) is 17.7. The van der Waals surface area contributed by atoms with Crippen molar-refractivity contribution in [3.63, 3.8) is 0 Å². The molecule has 24 heavy (non-hydrogen) atoms. The number of carbonyl (C=O) groups is 1. The Kier molecular flexibility index (Phi) is 5.73. The summed E-state index contributed by atoms with van der Waals surface area (Å²) in [5, 5.41) is 13.1. The van der Waals surface area contributed by atoms with Gasteiger partial charge < -0.3 is 10.6 Å². The van der Waals surface area contributed by atoms with E-state index in [-0.39, 0.29) is 11.4 Å². The van der Waals surface area contributed by atoms with E-state index in [0.29, 0.717) is 5.82 Å². The third kappa shape index (κ3) is 4.94. The summed E-state index contributed by atoms with van der Waals surface area (Å²) in [4.78, 5) is 12.0. The zero-order chi connectivity index (χ0) is 17.6. The van der Waals surface area contributed by atoms with E-state index in [1.54, 1.807) is 6.07 Å². The second-order valence-electron chi connectivity index (χ2n) is 5.12. The quantitative estimate of drug-likeness (QED) is 0.783. The first-order valence-corrected chi connectivity index (χ1v) is 7.46. The summed E-state index contributed by atoms with van der Waals surface area (Å²) in [6, 6.07) is 7.47. The molecule has 0 aliphatic heterocycles. The molecule has 0 saturated heterocycles. The maximum absolute atomic E-state index is 12.7. The number of nitrogens with zero attached hydrogens (tertiary/aromatic N) is 2. The second-order valence-corrected chi connectivity index (χ2v) is 5.12. The molecule has 1 heterocycles. The summed E-state index contributed by atoms with van der Waals surface area (Å²) in [6.07, 6.45) is -2.44. The Morgan fingerprint density at radius 1 is 1.17 bits per heavy atom. The molecule has 0 aliphatic rings. The minimum absolute atomic E-state index is 0.0217. The molecule has 2 aromatic rings. The van der Waals surface area contributed by atoms with E-state index in [1.165, 1.54) is 18.2 Å². The molecule has 0 spiro atoms. The number of unbranched alkanes of at least 4 members (excludes halogenated alkanes) is 1. The lowest BCUT2D eigenvalue weighted by molar-refractivity contribution is -0.137. The van der Waals surface area contributed by atoms with Gasteiger partial charge in [-0.15, -0.1) is 10.2 Å². The number of amides is 1. The maximum atomic E-state index is 12.7. The fourth-order valence-electron chi connectivity index (χ4n) is 1.91. The molecule has 128 valence electrons. The van der Waals surface area contributed by atoms with Gasteiger partial charge in [-0.05, 0) is 36.8 Å². The molecule has 2 N–H and O–H groups in total. The standard InChI is InChI=1S/C16H17F3N4O/c1-2-3-9-20-14-8-7-13(22-23-14)15(24)21-12-6-4-5-11(10-12)16(17,18)19/h4-8,10H,2-3,9H2,1H3,(H,20,23)(H,21,24). The Labute approximate surface area is 137 Å². The largest absolute Gasteiger partial charge is 0.416 e. The van der Waals surface area contributed by atoms with Crippen LogP contribution in [0.15, 0.2) is 36.4 Å². The van der Waals surface area contributed by atoms with Crippen molar-refractivity contribution in [1.82, 2.24) is 10.2 Å². The average Bonchev–Trinajstić information content (AvgIpc) is 2.55. The van der Waals surface area contributed by atoms with Gasteiger partial charge in [-0.1, -0.05) is 19.4 Å². The minimum atomic E-state index is -4.47. The van der Waals surface area contributed by atoms with Gasteiger partial charge in [-0.3, -0.25) is 4.79 Å². The molecule has 0 atom stereocenters. The highest BCUT2D eigenvalue weighted by atomic mass is 19.4. The van der Waals surface area contributed by atoms with Crippen LogP contribution in [0, 0.1) is 0 Å². The minimum Gasteiger partial charge on any atom is -0.369 e. The molecule has 1 amide bonds. The number of nitrogens with one attached hydrogen (secondary N) is 2. The van der Waals surface area contributed by atoms with Crippen LogP contribution in [0.3, 0.4) is 0 Å². The fraction of sp³-hybridized carbons (Fsp3) is 0.312. The van der Waals surface area contributed by atoms with Crippen molar-refractivity contribution in [2.45, 2.75) is 25.9 Å². The van der Waals surface area contributed by atoms with Crippen LogP contribution in [0.5, 0.6) is 0 Å². The number of aromatic nitrogens is 2. The van der Waals surface area contributed by atoms with Gasteiger partial charge in [0.2, 0.25) is 0 Å². The zero-order valence-corrected chi connectivity index (χ0v) is 13.0. The SMILES string of the molecule is CCCCNc1ccc(C(=O)Nc2cccc(C(F)(F)F)c2)nn1. The fourth-order valence-corrected chi connectivity index (χ4v) is 1.91. The van der Waals surface area contributed by atoms with E-state index >= 15 is 0 Å². The number of anilines is 2. The summed E-state index contributed by atoms with van der Waals surface area (Å²) in [5.41, 5.74) is -0.767.